The summed E-state index contributed by atoms with van der Waals surface area (Å²) in [5.74, 6) is 0.616. The normalized spacial score (nSPS) is 16.2. The van der Waals surface area contributed by atoms with Crippen LogP contribution in [0.25, 0.3) is 0 Å². The number of carbonyl (C=O) groups excluding carboxylic acids is 1. The first kappa shape index (κ1) is 13.3. The average Bonchev–Trinajstić information content (AvgIpc) is 2.62. The zero-order chi connectivity index (χ0) is 13.0. The lowest BCUT2D eigenvalue weighted by atomic mass is 10.2. The number of anilines is 1. The topological polar surface area (TPSA) is 45.2 Å². The van der Waals surface area contributed by atoms with Gasteiger partial charge in [0.2, 0.25) is 0 Å². The quantitative estimate of drug-likeness (QED) is 0.862. The van der Waals surface area contributed by atoms with Gasteiger partial charge in [0.25, 0.3) is 0 Å². The van der Waals surface area contributed by atoms with Crippen LogP contribution in [0.15, 0.2) is 16.6 Å². The molecule has 0 aliphatic carbocycles. The monoisotopic (exact) mass is 311 g/mol. The molecule has 0 spiro atoms. The van der Waals surface area contributed by atoms with Crippen LogP contribution in [0, 0.1) is 6.92 Å². The Morgan fingerprint density at radius 1 is 1.28 bits per heavy atom. The minimum absolute atomic E-state index is 0.0360. The van der Waals surface area contributed by atoms with Crippen molar-refractivity contribution in [3.8, 4) is 0 Å². The number of hydrogen-bond donors (Lipinski definition) is 1. The predicted molar refractivity (Wildman–Crippen MR) is 75.7 cm³/mol. The van der Waals surface area contributed by atoms with Crippen molar-refractivity contribution in [3.63, 3.8) is 0 Å². The van der Waals surface area contributed by atoms with Crippen LogP contribution in [-0.2, 0) is 0 Å². The van der Waals surface area contributed by atoms with Crippen molar-refractivity contribution >= 4 is 27.8 Å². The van der Waals surface area contributed by atoms with Crippen molar-refractivity contribution < 1.29 is 4.79 Å². The highest BCUT2D eigenvalue weighted by Crippen LogP contribution is 2.17. The van der Waals surface area contributed by atoms with E-state index in [0.717, 1.165) is 36.1 Å². The number of likely N-dealkylation sites (tertiary alicyclic amines) is 1. The Labute approximate surface area is 116 Å². The maximum Gasteiger partial charge on any atom is 0.323 e. The summed E-state index contributed by atoms with van der Waals surface area (Å²) in [5, 5.41) is 2.86. The highest BCUT2D eigenvalue weighted by Gasteiger charge is 2.15. The van der Waals surface area contributed by atoms with Crippen LogP contribution in [-0.4, -0.2) is 29.0 Å². The van der Waals surface area contributed by atoms with Crippen molar-refractivity contribution in [1.82, 2.24) is 9.88 Å². The molecule has 0 bridgehead atoms. The molecule has 98 valence electrons. The van der Waals surface area contributed by atoms with Gasteiger partial charge in [0, 0.05) is 17.6 Å². The summed E-state index contributed by atoms with van der Waals surface area (Å²) in [6.07, 6.45) is 4.64. The first-order valence-corrected chi connectivity index (χ1v) is 7.15. The molecule has 1 aliphatic heterocycles. The third-order valence-corrected chi connectivity index (χ3v) is 3.99. The number of urea groups is 1. The van der Waals surface area contributed by atoms with Gasteiger partial charge in [0.1, 0.15) is 5.82 Å². The number of rotatable bonds is 1. The Hall–Kier alpha value is -1.10. The Bertz CT molecular complexity index is 428. The van der Waals surface area contributed by atoms with Gasteiger partial charge in [-0.1, -0.05) is 12.8 Å². The van der Waals surface area contributed by atoms with Gasteiger partial charge in [-0.25, -0.2) is 9.78 Å². The molecule has 18 heavy (non-hydrogen) atoms. The van der Waals surface area contributed by atoms with E-state index in [9.17, 15) is 4.79 Å². The zero-order valence-electron chi connectivity index (χ0n) is 10.6. The number of carbonyl (C=O) groups is 1. The van der Waals surface area contributed by atoms with E-state index >= 15 is 0 Å². The third kappa shape index (κ3) is 3.45. The summed E-state index contributed by atoms with van der Waals surface area (Å²) in [7, 11) is 0. The van der Waals surface area contributed by atoms with Gasteiger partial charge >= 0.3 is 6.03 Å². The Kier molecular flexibility index (Phi) is 4.58. The molecule has 4 nitrogen and oxygen atoms in total. The van der Waals surface area contributed by atoms with E-state index in [1.807, 2.05) is 24.0 Å². The highest BCUT2D eigenvalue weighted by atomic mass is 79.9. The second-order valence-corrected chi connectivity index (χ2v) is 5.45. The molecular formula is C13H18BrN3O. The molecule has 2 heterocycles. The van der Waals surface area contributed by atoms with E-state index < -0.39 is 0 Å². The van der Waals surface area contributed by atoms with Gasteiger partial charge in [-0.2, -0.15) is 0 Å². The van der Waals surface area contributed by atoms with E-state index in [-0.39, 0.29) is 6.03 Å². The van der Waals surface area contributed by atoms with Gasteiger partial charge in [0.05, 0.1) is 5.69 Å². The fourth-order valence-corrected chi connectivity index (χ4v) is 2.30. The number of halogens is 1. The van der Waals surface area contributed by atoms with Gasteiger partial charge in [-0.05, 0) is 47.8 Å². The second kappa shape index (κ2) is 6.18. The number of nitrogens with zero attached hydrogens (tertiary/aromatic N) is 2. The average molecular weight is 312 g/mol. The maximum absolute atomic E-state index is 12.1. The molecule has 0 radical (unpaired) electrons. The van der Waals surface area contributed by atoms with Crippen LogP contribution in [0.1, 0.15) is 31.4 Å². The summed E-state index contributed by atoms with van der Waals surface area (Å²) in [6.45, 7) is 3.61. The molecule has 0 saturated carbocycles. The highest BCUT2D eigenvalue weighted by molar-refractivity contribution is 9.10. The van der Waals surface area contributed by atoms with Crippen LogP contribution in [0.4, 0.5) is 10.6 Å². The van der Waals surface area contributed by atoms with E-state index in [4.69, 9.17) is 0 Å². The maximum atomic E-state index is 12.1. The number of aryl methyl sites for hydroxylation is 1. The first-order valence-electron chi connectivity index (χ1n) is 6.36. The lowest BCUT2D eigenvalue weighted by Crippen LogP contribution is -2.35. The molecular weight excluding hydrogens is 294 g/mol. The molecule has 0 atom stereocenters. The molecule has 0 aromatic carbocycles. The lowest BCUT2D eigenvalue weighted by molar-refractivity contribution is 0.213. The molecule has 0 unspecified atom stereocenters. The summed E-state index contributed by atoms with van der Waals surface area (Å²) in [4.78, 5) is 18.3. The van der Waals surface area contributed by atoms with E-state index in [0.29, 0.717) is 5.82 Å². The van der Waals surface area contributed by atoms with E-state index in [2.05, 4.69) is 26.2 Å². The van der Waals surface area contributed by atoms with Gasteiger partial charge in [-0.15, -0.1) is 0 Å². The van der Waals surface area contributed by atoms with E-state index in [1.54, 1.807) is 0 Å². The zero-order valence-corrected chi connectivity index (χ0v) is 12.2. The largest absolute Gasteiger partial charge is 0.325 e. The van der Waals surface area contributed by atoms with Crippen LogP contribution in [0.5, 0.6) is 0 Å². The molecule has 1 aliphatic rings. The molecule has 1 N–H and O–H groups in total. The smallest absolute Gasteiger partial charge is 0.323 e. The number of hydrogen-bond acceptors (Lipinski definition) is 2. The van der Waals surface area contributed by atoms with Crippen molar-refractivity contribution in [2.75, 3.05) is 18.4 Å². The number of amides is 2. The Morgan fingerprint density at radius 2 is 1.94 bits per heavy atom. The predicted octanol–water partition coefficient (Wildman–Crippen LogP) is 3.56. The van der Waals surface area contributed by atoms with E-state index in [1.165, 1.54) is 12.8 Å². The molecule has 1 aromatic heterocycles. The number of nitrogens with one attached hydrogen (secondary N) is 1. The summed E-state index contributed by atoms with van der Waals surface area (Å²) < 4.78 is 0.954. The summed E-state index contributed by atoms with van der Waals surface area (Å²) in [6, 6.07) is 3.68. The van der Waals surface area contributed by atoms with Crippen molar-refractivity contribution in [3.05, 3.63) is 22.3 Å². The molecule has 1 saturated heterocycles. The third-order valence-electron chi connectivity index (χ3n) is 3.15. The fraction of sp³-hybridized carbons (Fsp3) is 0.538. The lowest BCUT2D eigenvalue weighted by Gasteiger charge is -2.20. The summed E-state index contributed by atoms with van der Waals surface area (Å²) >= 11 is 3.40. The van der Waals surface area contributed by atoms with Crippen LogP contribution in [0.2, 0.25) is 0 Å². The minimum Gasteiger partial charge on any atom is -0.325 e. The Morgan fingerprint density at radius 3 is 2.56 bits per heavy atom. The van der Waals surface area contributed by atoms with Crippen LogP contribution >= 0.6 is 15.9 Å². The second-order valence-electron chi connectivity index (χ2n) is 4.60. The first-order chi connectivity index (χ1) is 8.66. The Balaban J connectivity index is 1.99. The summed E-state index contributed by atoms with van der Waals surface area (Å²) in [5.41, 5.74) is 0.878. The molecule has 1 aromatic rings. The fourth-order valence-electron chi connectivity index (χ4n) is 2.08. The van der Waals surface area contributed by atoms with Crippen LogP contribution < -0.4 is 5.32 Å². The van der Waals surface area contributed by atoms with Crippen LogP contribution in [0.3, 0.4) is 0 Å². The minimum atomic E-state index is -0.0360. The standard InChI is InChI=1S/C13H18BrN3O/c1-10-11(14)6-7-12(15-10)16-13(18)17-8-4-2-3-5-9-17/h6-7H,2-5,8-9H2,1H3,(H,15,16,18). The molecule has 1 fully saturated rings. The number of pyridine rings is 1. The SMILES string of the molecule is Cc1nc(NC(=O)N2CCCCCC2)ccc1Br. The van der Waals surface area contributed by atoms with Gasteiger partial charge < -0.3 is 4.90 Å². The van der Waals surface area contributed by atoms with Crippen molar-refractivity contribution in [2.24, 2.45) is 0 Å². The molecule has 2 amide bonds. The molecule has 5 heteroatoms. The number of aromatic nitrogens is 1. The van der Waals surface area contributed by atoms with Crippen molar-refractivity contribution in [1.29, 1.82) is 0 Å². The van der Waals surface area contributed by atoms with Gasteiger partial charge in [0.15, 0.2) is 0 Å². The van der Waals surface area contributed by atoms with Gasteiger partial charge in [-0.3, -0.25) is 5.32 Å². The van der Waals surface area contributed by atoms with Crippen molar-refractivity contribution in [2.45, 2.75) is 32.6 Å². The molecule has 2 rings (SSSR count).